The number of aromatic carboxylic acids is 1. The van der Waals surface area contributed by atoms with Crippen LogP contribution in [0.1, 0.15) is 23.3 Å². The van der Waals surface area contributed by atoms with Crippen molar-refractivity contribution in [2.24, 2.45) is 20.5 Å². The number of aryl methyl sites for hydroxylation is 1. The van der Waals surface area contributed by atoms with E-state index in [0.29, 0.717) is 12.1 Å². The number of sulfone groups is 2. The fourth-order valence-corrected chi connectivity index (χ4v) is 9.43. The number of hydrogen-bond donors (Lipinski definition) is 2. The molecule has 346 valence electrons. The van der Waals surface area contributed by atoms with E-state index in [-0.39, 0.29) is 212 Å². The number of nitrogens with zero attached hydrogens (tertiary/aromatic N) is 4. The molecule has 0 aliphatic rings. The van der Waals surface area contributed by atoms with E-state index in [1.54, 1.807) is 0 Å². The second kappa shape index (κ2) is 31.9. The smallest absolute Gasteiger partial charge is 0.744 e. The van der Waals surface area contributed by atoms with Gasteiger partial charge in [0.25, 0.3) is 0 Å². The van der Waals surface area contributed by atoms with Gasteiger partial charge in [0.1, 0.15) is 32.9 Å². The van der Waals surface area contributed by atoms with Crippen LogP contribution in [-0.4, -0.2) is 85.7 Å². The number of carboxylic acid groups (broad SMARTS) is 1. The number of methoxy groups -OCH3 is 1. The van der Waals surface area contributed by atoms with E-state index in [9.17, 15) is 68.3 Å². The topological polar surface area (TPSA) is 429 Å². The Hall–Kier alpha value is 0.310. The number of nitrogens with two attached hydrogens (primary N) is 1. The summed E-state index contributed by atoms with van der Waals surface area (Å²) in [6, 6.07) is 6.02. The van der Waals surface area contributed by atoms with Crippen LogP contribution < -0.4 is 174 Å². The van der Waals surface area contributed by atoms with Crippen molar-refractivity contribution in [2.45, 2.75) is 33.9 Å². The number of rotatable bonds is 22. The number of aromatic hydroxyl groups is 1. The maximum atomic E-state index is 13.0. The SMILES string of the molecule is C.COc1cc(S(=O)(=O)CCOSOO[O-])c(C)cc1N=Nc1c(SOO[O-])cc2cc(S(=O)(=O)[O-])c(N=Nc3ccc(S(=O)(=O)CCOS(=O)(=O)[O-])cc3C(=O)[O-])c(N)c2c1O.[Na+].[Na+].[Na+].[Na+].[Na+]. The van der Waals surface area contributed by atoms with Crippen LogP contribution in [0.3, 0.4) is 0 Å². The average molecular weight is 1120 g/mol. The molecule has 0 bridgehead atoms. The molecular weight excluding hydrogens is 1090 g/mol. The summed E-state index contributed by atoms with van der Waals surface area (Å²) in [5, 5.41) is 65.0. The summed E-state index contributed by atoms with van der Waals surface area (Å²) >= 11 is 0.216. The molecule has 4 rings (SSSR count). The number of fused-ring (bicyclic) bond motifs is 1. The van der Waals surface area contributed by atoms with Crippen molar-refractivity contribution in [3.63, 3.8) is 0 Å². The molecule has 0 radical (unpaired) electrons. The van der Waals surface area contributed by atoms with Crippen LogP contribution in [0.25, 0.3) is 10.8 Å². The fourth-order valence-electron chi connectivity index (χ4n) is 5.10. The minimum Gasteiger partial charge on any atom is -0.744 e. The molecule has 0 unspecified atom stereocenters. The summed E-state index contributed by atoms with van der Waals surface area (Å²) in [5.74, 6) is -4.86. The second-order valence-corrected chi connectivity index (χ2v) is 19.4. The summed E-state index contributed by atoms with van der Waals surface area (Å²) in [6.45, 7) is -0.172. The van der Waals surface area contributed by atoms with E-state index in [2.05, 4.69) is 43.4 Å². The summed E-state index contributed by atoms with van der Waals surface area (Å²) in [4.78, 5) is 9.50. The van der Waals surface area contributed by atoms with Gasteiger partial charge in [0.15, 0.2) is 37.7 Å². The first-order valence-corrected chi connectivity index (χ1v) is 23.3. The maximum absolute atomic E-state index is 13.0. The first kappa shape index (κ1) is 72.6. The van der Waals surface area contributed by atoms with Gasteiger partial charge in [0.05, 0.1) is 86.2 Å². The van der Waals surface area contributed by atoms with Gasteiger partial charge < -0.3 is 45.1 Å². The fraction of sp³-hybridized carbons (Fsp3) is 0.233. The number of anilines is 1. The Balaban J connectivity index is -0.00000704. The Morgan fingerprint density at radius 2 is 1.35 bits per heavy atom. The number of carboxylic acids is 1. The van der Waals surface area contributed by atoms with Gasteiger partial charge in [-0.1, -0.05) is 7.43 Å². The Morgan fingerprint density at radius 3 is 1.91 bits per heavy atom. The number of hydrogen-bond acceptors (Lipinski definition) is 29. The van der Waals surface area contributed by atoms with E-state index in [4.69, 9.17) is 14.7 Å². The number of benzene rings is 4. The van der Waals surface area contributed by atoms with Crippen molar-refractivity contribution >= 4 is 110 Å². The zero-order valence-corrected chi connectivity index (χ0v) is 50.6. The molecule has 4 aromatic carbocycles. The predicted octanol–water partition coefficient (Wildman–Crippen LogP) is -13.7. The zero-order chi connectivity index (χ0) is 46.2. The summed E-state index contributed by atoms with van der Waals surface area (Å²) in [7, 11) is -18.2. The minimum atomic E-state index is -5.55. The van der Waals surface area contributed by atoms with E-state index in [1.807, 2.05) is 0 Å². The maximum Gasteiger partial charge on any atom is 1.00 e. The van der Waals surface area contributed by atoms with Crippen LogP contribution in [-0.2, 0) is 67.3 Å². The summed E-state index contributed by atoms with van der Waals surface area (Å²) in [5.41, 5.74) is 2.18. The van der Waals surface area contributed by atoms with Crippen LogP contribution in [0.4, 0.5) is 28.4 Å². The number of ether oxygens (including phenoxy) is 1. The molecule has 27 nitrogen and oxygen atoms in total. The van der Waals surface area contributed by atoms with Crippen molar-refractivity contribution in [3.8, 4) is 11.5 Å². The van der Waals surface area contributed by atoms with Gasteiger partial charge in [0.2, 0.25) is 10.4 Å². The van der Waals surface area contributed by atoms with Crippen molar-refractivity contribution < 1.29 is 248 Å². The van der Waals surface area contributed by atoms with Crippen LogP contribution in [0.2, 0.25) is 0 Å². The van der Waals surface area contributed by atoms with Gasteiger partial charge in [0, 0.05) is 11.6 Å². The first-order chi connectivity index (χ1) is 28.9. The minimum absolute atomic E-state index is 0. The molecule has 4 aromatic rings. The standard InChI is InChI=1S/C29H29N5O22S6.CH4.5Na/c1-14-9-19(20(50-2)13-22(14)60(42,43)7-5-51-58-56-54-39)32-33-26-21(57-55-53-38)10-15-11-23(61(44,45)46)27(25(30)24(15)28(26)35)34-31-18-4-3-16(12-17(18)29(36)37)59(40,41)8-6-52-62(47,48)49;;;;;;/h3-4,9-13,35,38-39H,5-8,30H2,1-2H3,(H,36,37)(H,44,45,46)(H,47,48,49);1H4;;;;;/q;;5*+1/p-5. The van der Waals surface area contributed by atoms with E-state index in [1.165, 1.54) is 13.0 Å². The van der Waals surface area contributed by atoms with Crippen LogP contribution >= 0.6 is 24.4 Å². The number of nitrogen functional groups attached to an aromatic ring is 1. The Kier molecular flexibility index (Phi) is 34.0. The largest absolute Gasteiger partial charge is 1.00 e. The molecule has 68 heavy (non-hydrogen) atoms. The second-order valence-electron chi connectivity index (χ2n) is 11.5. The summed E-state index contributed by atoms with van der Waals surface area (Å²) < 4.78 is 143. The molecule has 0 amide bonds. The van der Waals surface area contributed by atoms with Crippen LogP contribution in [0, 0.1) is 6.92 Å². The monoisotopic (exact) mass is 1120 g/mol. The van der Waals surface area contributed by atoms with Crippen molar-refractivity contribution in [3.05, 3.63) is 53.6 Å². The third kappa shape index (κ3) is 19.9. The van der Waals surface area contributed by atoms with Crippen molar-refractivity contribution in [1.29, 1.82) is 0 Å². The van der Waals surface area contributed by atoms with E-state index >= 15 is 0 Å². The Bertz CT molecular complexity index is 2900. The van der Waals surface area contributed by atoms with Crippen LogP contribution in [0.5, 0.6) is 11.5 Å². The molecular formula is C30H28N5Na5O22S6. The molecule has 0 atom stereocenters. The number of phenolic OH excluding ortho intramolecular Hbond substituents is 1. The normalized spacial score (nSPS) is 11.7. The molecule has 0 aliphatic carbocycles. The van der Waals surface area contributed by atoms with Gasteiger partial charge in [-0.05, 0) is 54.3 Å². The van der Waals surface area contributed by atoms with Crippen LogP contribution in [0.15, 0.2) is 82.5 Å². The van der Waals surface area contributed by atoms with Crippen molar-refractivity contribution in [2.75, 3.05) is 37.6 Å². The molecule has 38 heteroatoms. The molecule has 3 N–H and O–H groups in total. The number of carbonyl (C=O) groups is 1. The molecule has 0 spiro atoms. The Morgan fingerprint density at radius 1 is 0.765 bits per heavy atom. The predicted molar refractivity (Wildman–Crippen MR) is 205 cm³/mol. The molecule has 0 aromatic heterocycles. The molecule has 0 saturated carbocycles. The Labute approximate surface area is 507 Å². The van der Waals surface area contributed by atoms with E-state index in [0.717, 1.165) is 31.4 Å². The number of carbonyl (C=O) groups excluding carboxylic acids is 1. The zero-order valence-electron chi connectivity index (χ0n) is 35.7. The molecule has 0 heterocycles. The third-order valence-corrected chi connectivity index (χ3v) is 13.5. The summed E-state index contributed by atoms with van der Waals surface area (Å²) in [6.07, 6.45) is 0. The first-order valence-electron chi connectivity index (χ1n) is 15.8. The average Bonchev–Trinajstić information content (AvgIpc) is 3.17. The molecule has 0 saturated heterocycles. The van der Waals surface area contributed by atoms with E-state index < -0.39 is 120 Å². The van der Waals surface area contributed by atoms with Gasteiger partial charge in [-0.15, -0.1) is 24.8 Å². The van der Waals surface area contributed by atoms with Crippen molar-refractivity contribution in [1.82, 2.24) is 0 Å². The quantitative estimate of drug-likeness (QED) is 0.00849. The van der Waals surface area contributed by atoms with Gasteiger partial charge in [-0.2, -0.15) is 4.33 Å². The number of phenols is 1. The molecule has 0 fully saturated rings. The number of azo groups is 2. The third-order valence-electron chi connectivity index (χ3n) is 7.73. The van der Waals surface area contributed by atoms with Gasteiger partial charge >= 0.3 is 148 Å². The molecule has 0 aliphatic heterocycles. The van der Waals surface area contributed by atoms with Gasteiger partial charge in [-0.3, -0.25) is 18.4 Å². The van der Waals surface area contributed by atoms with Gasteiger partial charge in [-0.25, -0.2) is 33.7 Å².